The van der Waals surface area contributed by atoms with Gasteiger partial charge < -0.3 is 9.30 Å². The normalized spacial score (nSPS) is 15.9. The van der Waals surface area contributed by atoms with Crippen LogP contribution in [-0.2, 0) is 20.6 Å². The molecule has 0 saturated heterocycles. The molecule has 4 aromatic rings. The molecule has 1 aliphatic heterocycles. The molecule has 4 heterocycles. The van der Waals surface area contributed by atoms with Crippen molar-refractivity contribution in [1.29, 1.82) is 0 Å². The van der Waals surface area contributed by atoms with E-state index in [1.54, 1.807) is 41.8 Å². The van der Waals surface area contributed by atoms with Gasteiger partial charge in [-0.05, 0) is 19.1 Å². The molecule has 1 unspecified atom stereocenters. The van der Waals surface area contributed by atoms with E-state index in [0.29, 0.717) is 10.9 Å². The van der Waals surface area contributed by atoms with Crippen LogP contribution in [0, 0.1) is 6.92 Å². The van der Waals surface area contributed by atoms with Gasteiger partial charge in [0.15, 0.2) is 0 Å². The summed E-state index contributed by atoms with van der Waals surface area (Å²) in [6.07, 6.45) is 0. The van der Waals surface area contributed by atoms with Gasteiger partial charge in [-0.1, -0.05) is 12.1 Å². The van der Waals surface area contributed by atoms with Crippen molar-refractivity contribution in [2.45, 2.75) is 18.7 Å². The SMILES string of the molecule is COc1cccc(-c2c3c(=O)n(C)c(=O)n(C)c3c3n2CCSC3c2nc(C)cs2)c1. The van der Waals surface area contributed by atoms with Crippen LogP contribution in [0.25, 0.3) is 22.2 Å². The van der Waals surface area contributed by atoms with Crippen LogP contribution in [0.1, 0.15) is 21.6 Å². The number of fused-ring (bicyclic) bond motifs is 3. The summed E-state index contributed by atoms with van der Waals surface area (Å²) in [7, 11) is 4.90. The van der Waals surface area contributed by atoms with Crippen molar-refractivity contribution >= 4 is 34.0 Å². The number of rotatable bonds is 3. The Bertz CT molecular complexity index is 1440. The van der Waals surface area contributed by atoms with Crippen LogP contribution >= 0.6 is 23.1 Å². The third-order valence-electron chi connectivity index (χ3n) is 5.76. The van der Waals surface area contributed by atoms with Crippen molar-refractivity contribution in [2.24, 2.45) is 14.1 Å². The van der Waals surface area contributed by atoms with Crippen LogP contribution in [0.5, 0.6) is 5.75 Å². The van der Waals surface area contributed by atoms with Gasteiger partial charge in [0.05, 0.1) is 34.7 Å². The zero-order valence-electron chi connectivity index (χ0n) is 17.7. The van der Waals surface area contributed by atoms with E-state index >= 15 is 0 Å². The fourth-order valence-corrected chi connectivity index (χ4v) is 6.59. The Hall–Kier alpha value is -2.78. The lowest BCUT2D eigenvalue weighted by Crippen LogP contribution is -2.37. The zero-order chi connectivity index (χ0) is 21.9. The molecular formula is C22H22N4O3S2. The van der Waals surface area contributed by atoms with Crippen LogP contribution < -0.4 is 16.0 Å². The predicted molar refractivity (Wildman–Crippen MR) is 126 cm³/mol. The summed E-state index contributed by atoms with van der Waals surface area (Å²) in [5.41, 5.74) is 3.76. The average Bonchev–Trinajstić information content (AvgIpc) is 3.37. The summed E-state index contributed by atoms with van der Waals surface area (Å²) in [5.74, 6) is 1.61. The number of aryl methyl sites for hydroxylation is 2. The highest BCUT2D eigenvalue weighted by Crippen LogP contribution is 2.46. The van der Waals surface area contributed by atoms with Crippen molar-refractivity contribution < 1.29 is 4.74 Å². The standard InChI is InChI=1S/C22H22N4O3S2/c1-12-11-31-20(23-12)19-18-17-15(21(27)25(3)22(28)24(17)2)16(26(18)8-9-30-19)13-6-5-7-14(10-13)29-4/h5-7,10-11,19H,8-9H2,1-4H3. The Morgan fingerprint density at radius 2 is 2.00 bits per heavy atom. The van der Waals surface area contributed by atoms with Gasteiger partial charge in [0, 0.05) is 43.0 Å². The van der Waals surface area contributed by atoms with Gasteiger partial charge in [-0.3, -0.25) is 13.9 Å². The maximum absolute atomic E-state index is 13.4. The number of hydrogen-bond acceptors (Lipinski definition) is 6. The summed E-state index contributed by atoms with van der Waals surface area (Å²) in [6.45, 7) is 2.73. The summed E-state index contributed by atoms with van der Waals surface area (Å²) in [5, 5.41) is 3.56. The monoisotopic (exact) mass is 454 g/mol. The lowest BCUT2D eigenvalue weighted by Gasteiger charge is -2.25. The average molecular weight is 455 g/mol. The number of methoxy groups -OCH3 is 1. The van der Waals surface area contributed by atoms with E-state index in [4.69, 9.17) is 9.72 Å². The highest BCUT2D eigenvalue weighted by atomic mass is 32.2. The predicted octanol–water partition coefficient (Wildman–Crippen LogP) is 3.32. The second kappa shape index (κ2) is 7.42. The first-order valence-corrected chi connectivity index (χ1v) is 11.9. The van der Waals surface area contributed by atoms with Crippen LogP contribution in [0.2, 0.25) is 0 Å². The summed E-state index contributed by atoms with van der Waals surface area (Å²) < 4.78 is 10.4. The number of hydrogen-bond donors (Lipinski definition) is 0. The number of thiazole rings is 1. The van der Waals surface area contributed by atoms with E-state index in [2.05, 4.69) is 4.57 Å². The van der Waals surface area contributed by atoms with E-state index < -0.39 is 0 Å². The fourth-order valence-electron chi connectivity index (χ4n) is 4.33. The smallest absolute Gasteiger partial charge is 0.331 e. The van der Waals surface area contributed by atoms with Gasteiger partial charge in [-0.15, -0.1) is 23.1 Å². The summed E-state index contributed by atoms with van der Waals surface area (Å²) in [4.78, 5) is 31.0. The molecule has 0 N–H and O–H groups in total. The van der Waals surface area contributed by atoms with Crippen molar-refractivity contribution in [3.05, 3.63) is 66.9 Å². The van der Waals surface area contributed by atoms with Crippen molar-refractivity contribution in [3.8, 4) is 17.0 Å². The minimum absolute atomic E-state index is 0.0352. The molecule has 7 nitrogen and oxygen atoms in total. The molecule has 1 aromatic carbocycles. The summed E-state index contributed by atoms with van der Waals surface area (Å²) in [6, 6.07) is 7.73. The number of thioether (sulfide) groups is 1. The number of benzene rings is 1. The first-order valence-electron chi connectivity index (χ1n) is 9.92. The molecule has 9 heteroatoms. The number of nitrogens with zero attached hydrogens (tertiary/aromatic N) is 4. The first-order chi connectivity index (χ1) is 14.9. The Kier molecular flexibility index (Phi) is 4.82. The molecular weight excluding hydrogens is 432 g/mol. The largest absolute Gasteiger partial charge is 0.497 e. The van der Waals surface area contributed by atoms with E-state index in [0.717, 1.165) is 45.7 Å². The van der Waals surface area contributed by atoms with E-state index in [9.17, 15) is 9.59 Å². The number of aromatic nitrogens is 4. The van der Waals surface area contributed by atoms with E-state index in [-0.39, 0.29) is 16.5 Å². The fraction of sp³-hybridized carbons (Fsp3) is 0.318. The molecule has 0 amide bonds. The lowest BCUT2D eigenvalue weighted by atomic mass is 10.1. The minimum atomic E-state index is -0.326. The molecule has 31 heavy (non-hydrogen) atoms. The van der Waals surface area contributed by atoms with Crippen LogP contribution in [0.3, 0.4) is 0 Å². The second-order valence-electron chi connectivity index (χ2n) is 7.62. The molecule has 0 radical (unpaired) electrons. The summed E-state index contributed by atoms with van der Waals surface area (Å²) >= 11 is 3.43. The van der Waals surface area contributed by atoms with Crippen LogP contribution in [0.4, 0.5) is 0 Å². The molecule has 0 aliphatic carbocycles. The number of ether oxygens (including phenoxy) is 1. The maximum Gasteiger partial charge on any atom is 0.331 e. The maximum atomic E-state index is 13.4. The Morgan fingerprint density at radius 1 is 1.19 bits per heavy atom. The molecule has 0 bridgehead atoms. The van der Waals surface area contributed by atoms with Crippen molar-refractivity contribution in [1.82, 2.24) is 18.7 Å². The van der Waals surface area contributed by atoms with Gasteiger partial charge in [0.2, 0.25) is 0 Å². The quantitative estimate of drug-likeness (QED) is 0.475. The molecule has 1 aliphatic rings. The molecule has 0 saturated carbocycles. The third-order valence-corrected chi connectivity index (χ3v) is 8.13. The van der Waals surface area contributed by atoms with Crippen LogP contribution in [-0.4, -0.2) is 31.5 Å². The van der Waals surface area contributed by atoms with E-state index in [1.165, 1.54) is 11.6 Å². The molecule has 3 aromatic heterocycles. The van der Waals surface area contributed by atoms with Crippen LogP contribution in [0.15, 0.2) is 39.2 Å². The topological polar surface area (TPSA) is 71.0 Å². The molecule has 160 valence electrons. The van der Waals surface area contributed by atoms with E-state index in [1.807, 2.05) is 36.6 Å². The Balaban J connectivity index is 1.95. The Labute approximate surface area is 186 Å². The van der Waals surface area contributed by atoms with Gasteiger partial charge in [-0.2, -0.15) is 0 Å². The van der Waals surface area contributed by atoms with Crippen molar-refractivity contribution in [2.75, 3.05) is 12.9 Å². The molecule has 5 rings (SSSR count). The molecule has 0 spiro atoms. The third kappa shape index (κ3) is 2.98. The first kappa shape index (κ1) is 20.1. The zero-order valence-corrected chi connectivity index (χ0v) is 19.3. The van der Waals surface area contributed by atoms with Crippen molar-refractivity contribution in [3.63, 3.8) is 0 Å². The molecule has 0 fully saturated rings. The Morgan fingerprint density at radius 3 is 2.71 bits per heavy atom. The highest BCUT2D eigenvalue weighted by molar-refractivity contribution is 7.99. The van der Waals surface area contributed by atoms with Gasteiger partial charge in [-0.25, -0.2) is 9.78 Å². The minimum Gasteiger partial charge on any atom is -0.497 e. The lowest BCUT2D eigenvalue weighted by molar-refractivity contribution is 0.415. The highest BCUT2D eigenvalue weighted by Gasteiger charge is 2.34. The van der Waals surface area contributed by atoms with Gasteiger partial charge in [0.1, 0.15) is 10.8 Å². The van der Waals surface area contributed by atoms with Gasteiger partial charge in [0.25, 0.3) is 5.56 Å². The second-order valence-corrected chi connectivity index (χ2v) is 9.73. The van der Waals surface area contributed by atoms with Gasteiger partial charge >= 0.3 is 5.69 Å². The molecule has 1 atom stereocenters.